The Morgan fingerprint density at radius 2 is 1.95 bits per heavy atom. The maximum absolute atomic E-state index is 11.2. The Bertz CT molecular complexity index is 240. The molecular formula is C15H29NO3. The van der Waals surface area contributed by atoms with E-state index in [2.05, 4.69) is 4.90 Å². The minimum Gasteiger partial charge on any atom is -0.466 e. The fourth-order valence-corrected chi connectivity index (χ4v) is 2.87. The van der Waals surface area contributed by atoms with Crippen molar-refractivity contribution in [2.45, 2.75) is 64.3 Å². The number of nitrogens with zero attached hydrogens (tertiary/aromatic N) is 1. The zero-order valence-corrected chi connectivity index (χ0v) is 12.3. The van der Waals surface area contributed by atoms with Crippen LogP contribution >= 0.6 is 0 Å². The number of unbranched alkanes of at least 4 members (excludes halogenated alkanes) is 2. The lowest BCUT2D eigenvalue weighted by molar-refractivity contribution is -0.143. The van der Waals surface area contributed by atoms with Gasteiger partial charge >= 0.3 is 5.97 Å². The van der Waals surface area contributed by atoms with Gasteiger partial charge in [0.05, 0.1) is 13.2 Å². The van der Waals surface area contributed by atoms with Crippen LogP contribution in [0.4, 0.5) is 0 Å². The molecule has 0 aromatic rings. The quantitative estimate of drug-likeness (QED) is 0.489. The lowest BCUT2D eigenvalue weighted by atomic mass is 10.1. The minimum atomic E-state index is -0.0782. The third-order valence-corrected chi connectivity index (χ3v) is 3.86. The van der Waals surface area contributed by atoms with E-state index >= 15 is 0 Å². The standard InChI is InChI=1S/C15H29NO3/c1-2-19-15(18)10-4-3-7-11-16(12-13-17)14-8-5-6-9-14/h14,17H,2-13H2,1H3. The molecule has 0 aromatic heterocycles. The zero-order chi connectivity index (χ0) is 13.9. The number of esters is 1. The van der Waals surface area contributed by atoms with Crippen molar-refractivity contribution >= 4 is 5.97 Å². The van der Waals surface area contributed by atoms with Crippen LogP contribution in [0.5, 0.6) is 0 Å². The second-order valence-electron chi connectivity index (χ2n) is 5.31. The Labute approximate surface area is 117 Å². The van der Waals surface area contributed by atoms with Crippen molar-refractivity contribution in [1.82, 2.24) is 4.90 Å². The predicted octanol–water partition coefficient (Wildman–Crippen LogP) is 2.35. The number of aliphatic hydroxyl groups is 1. The van der Waals surface area contributed by atoms with Crippen LogP contribution < -0.4 is 0 Å². The highest BCUT2D eigenvalue weighted by Gasteiger charge is 2.21. The fraction of sp³-hybridized carbons (Fsp3) is 0.933. The molecule has 1 aliphatic rings. The summed E-state index contributed by atoms with van der Waals surface area (Å²) in [5, 5.41) is 9.13. The molecule has 1 rings (SSSR count). The van der Waals surface area contributed by atoms with E-state index < -0.39 is 0 Å². The van der Waals surface area contributed by atoms with Crippen LogP contribution in [-0.4, -0.2) is 48.3 Å². The zero-order valence-electron chi connectivity index (χ0n) is 12.3. The predicted molar refractivity (Wildman–Crippen MR) is 76.0 cm³/mol. The number of aliphatic hydroxyl groups excluding tert-OH is 1. The normalized spacial score (nSPS) is 16.2. The first-order valence-electron chi connectivity index (χ1n) is 7.78. The lowest BCUT2D eigenvalue weighted by Gasteiger charge is -2.28. The van der Waals surface area contributed by atoms with Crippen LogP contribution in [0.2, 0.25) is 0 Å². The van der Waals surface area contributed by atoms with Gasteiger partial charge in [-0.2, -0.15) is 0 Å². The Kier molecular flexibility index (Phi) is 8.84. The molecule has 112 valence electrons. The Morgan fingerprint density at radius 3 is 2.58 bits per heavy atom. The third-order valence-electron chi connectivity index (χ3n) is 3.86. The van der Waals surface area contributed by atoms with E-state index in [1.807, 2.05) is 6.92 Å². The Hall–Kier alpha value is -0.610. The molecule has 1 saturated carbocycles. The SMILES string of the molecule is CCOC(=O)CCCCCN(CCO)C1CCCC1. The molecule has 0 atom stereocenters. The second kappa shape index (κ2) is 10.2. The van der Waals surface area contributed by atoms with Crippen molar-refractivity contribution in [2.75, 3.05) is 26.3 Å². The molecule has 4 heteroatoms. The summed E-state index contributed by atoms with van der Waals surface area (Å²) >= 11 is 0. The summed E-state index contributed by atoms with van der Waals surface area (Å²) in [6.07, 6.45) is 8.84. The summed E-state index contributed by atoms with van der Waals surface area (Å²) in [5.74, 6) is -0.0782. The highest BCUT2D eigenvalue weighted by molar-refractivity contribution is 5.69. The summed E-state index contributed by atoms with van der Waals surface area (Å²) in [5.41, 5.74) is 0. The minimum absolute atomic E-state index is 0.0782. The smallest absolute Gasteiger partial charge is 0.305 e. The van der Waals surface area contributed by atoms with Crippen molar-refractivity contribution in [3.63, 3.8) is 0 Å². The molecule has 0 unspecified atom stereocenters. The van der Waals surface area contributed by atoms with Gasteiger partial charge in [-0.3, -0.25) is 9.69 Å². The first-order valence-corrected chi connectivity index (χ1v) is 7.78. The summed E-state index contributed by atoms with van der Waals surface area (Å²) in [7, 11) is 0. The molecule has 4 nitrogen and oxygen atoms in total. The van der Waals surface area contributed by atoms with E-state index in [4.69, 9.17) is 9.84 Å². The highest BCUT2D eigenvalue weighted by atomic mass is 16.5. The molecule has 0 spiro atoms. The molecule has 19 heavy (non-hydrogen) atoms. The van der Waals surface area contributed by atoms with Crippen molar-refractivity contribution in [2.24, 2.45) is 0 Å². The van der Waals surface area contributed by atoms with Crippen LogP contribution in [0.3, 0.4) is 0 Å². The van der Waals surface area contributed by atoms with Gasteiger partial charge in [0.25, 0.3) is 0 Å². The molecule has 0 heterocycles. The molecule has 0 aromatic carbocycles. The summed E-state index contributed by atoms with van der Waals surface area (Å²) in [4.78, 5) is 13.6. The Balaban J connectivity index is 2.09. The molecule has 0 amide bonds. The van der Waals surface area contributed by atoms with Crippen LogP contribution in [0.25, 0.3) is 0 Å². The summed E-state index contributed by atoms with van der Waals surface area (Å²) < 4.78 is 4.91. The number of hydrogen-bond donors (Lipinski definition) is 1. The Morgan fingerprint density at radius 1 is 1.21 bits per heavy atom. The van der Waals surface area contributed by atoms with Gasteiger partial charge in [-0.25, -0.2) is 0 Å². The van der Waals surface area contributed by atoms with Crippen molar-refractivity contribution in [3.05, 3.63) is 0 Å². The van der Waals surface area contributed by atoms with E-state index in [9.17, 15) is 4.79 Å². The van der Waals surface area contributed by atoms with Gasteiger partial charge in [0.1, 0.15) is 0 Å². The first-order chi connectivity index (χ1) is 9.27. The maximum atomic E-state index is 11.2. The molecule has 1 N–H and O–H groups in total. The average molecular weight is 271 g/mol. The van der Waals surface area contributed by atoms with Crippen LogP contribution in [0.15, 0.2) is 0 Å². The summed E-state index contributed by atoms with van der Waals surface area (Å²) in [6.45, 7) is 4.41. The van der Waals surface area contributed by atoms with Gasteiger partial charge in [-0.15, -0.1) is 0 Å². The van der Waals surface area contributed by atoms with E-state index in [0.717, 1.165) is 32.4 Å². The van der Waals surface area contributed by atoms with Crippen LogP contribution in [0, 0.1) is 0 Å². The van der Waals surface area contributed by atoms with Crippen molar-refractivity contribution in [1.29, 1.82) is 0 Å². The molecule has 1 aliphatic carbocycles. The van der Waals surface area contributed by atoms with Gasteiger partial charge in [-0.05, 0) is 39.2 Å². The molecular weight excluding hydrogens is 242 g/mol. The highest BCUT2D eigenvalue weighted by Crippen LogP contribution is 2.23. The first kappa shape index (κ1) is 16.4. The second-order valence-corrected chi connectivity index (χ2v) is 5.31. The number of carbonyl (C=O) groups is 1. The average Bonchev–Trinajstić information content (AvgIpc) is 2.91. The lowest BCUT2D eigenvalue weighted by Crippen LogP contribution is -2.36. The number of rotatable bonds is 10. The monoisotopic (exact) mass is 271 g/mol. The molecule has 0 bridgehead atoms. The number of hydrogen-bond acceptors (Lipinski definition) is 4. The van der Waals surface area contributed by atoms with Gasteiger partial charge in [0.2, 0.25) is 0 Å². The number of carbonyl (C=O) groups excluding carboxylic acids is 1. The van der Waals surface area contributed by atoms with E-state index in [1.54, 1.807) is 0 Å². The topological polar surface area (TPSA) is 49.8 Å². The van der Waals surface area contributed by atoms with E-state index in [0.29, 0.717) is 19.1 Å². The van der Waals surface area contributed by atoms with Crippen molar-refractivity contribution < 1.29 is 14.6 Å². The number of ether oxygens (including phenoxy) is 1. The molecule has 0 aliphatic heterocycles. The van der Waals surface area contributed by atoms with Crippen LogP contribution in [-0.2, 0) is 9.53 Å². The van der Waals surface area contributed by atoms with Crippen LogP contribution in [0.1, 0.15) is 58.3 Å². The molecule has 1 fully saturated rings. The largest absolute Gasteiger partial charge is 0.466 e. The van der Waals surface area contributed by atoms with Gasteiger partial charge in [-0.1, -0.05) is 19.3 Å². The van der Waals surface area contributed by atoms with Gasteiger partial charge < -0.3 is 9.84 Å². The molecule has 0 radical (unpaired) electrons. The van der Waals surface area contributed by atoms with Gasteiger partial charge in [0.15, 0.2) is 0 Å². The fourth-order valence-electron chi connectivity index (χ4n) is 2.87. The maximum Gasteiger partial charge on any atom is 0.305 e. The molecule has 0 saturated heterocycles. The summed E-state index contributed by atoms with van der Waals surface area (Å²) in [6, 6.07) is 0.678. The van der Waals surface area contributed by atoms with Crippen molar-refractivity contribution in [3.8, 4) is 0 Å². The van der Waals surface area contributed by atoms with E-state index in [-0.39, 0.29) is 12.6 Å². The van der Waals surface area contributed by atoms with E-state index in [1.165, 1.54) is 25.7 Å². The third kappa shape index (κ3) is 6.92. The van der Waals surface area contributed by atoms with Gasteiger partial charge in [0, 0.05) is 19.0 Å².